The number of hydrogen-bond donors (Lipinski definition) is 0. The van der Waals surface area contributed by atoms with Crippen LogP contribution in [0.25, 0.3) is 0 Å². The van der Waals surface area contributed by atoms with Crippen LogP contribution in [-0.2, 0) is 11.2 Å². The van der Waals surface area contributed by atoms with Gasteiger partial charge < -0.3 is 4.74 Å². The van der Waals surface area contributed by atoms with Gasteiger partial charge in [-0.1, -0.05) is 18.2 Å². The van der Waals surface area contributed by atoms with Crippen molar-refractivity contribution in [3.8, 4) is 5.75 Å². The first kappa shape index (κ1) is 10.6. The number of ketones is 1. The van der Waals surface area contributed by atoms with Gasteiger partial charge in [-0.05, 0) is 18.1 Å². The topological polar surface area (TPSA) is 26.3 Å². The molecule has 1 heterocycles. The number of carbonyl (C=O) groups excluding carboxylic acids is 1. The molecule has 1 aromatic rings. The third-order valence-electron chi connectivity index (χ3n) is 2.68. The van der Waals surface area contributed by atoms with Crippen molar-refractivity contribution in [3.05, 3.63) is 29.8 Å². The van der Waals surface area contributed by atoms with Crippen molar-refractivity contribution in [1.82, 2.24) is 0 Å². The lowest BCUT2D eigenvalue weighted by atomic mass is 9.97. The summed E-state index contributed by atoms with van der Waals surface area (Å²) in [4.78, 5) is 11.5. The van der Waals surface area contributed by atoms with Gasteiger partial charge in [0.1, 0.15) is 11.5 Å². The molecule has 15 heavy (non-hydrogen) atoms. The van der Waals surface area contributed by atoms with E-state index in [1.807, 2.05) is 24.3 Å². The molecule has 2 nitrogen and oxygen atoms in total. The molecule has 1 aliphatic heterocycles. The summed E-state index contributed by atoms with van der Waals surface area (Å²) < 4.78 is 5.27. The van der Waals surface area contributed by atoms with Gasteiger partial charge in [0.25, 0.3) is 0 Å². The molecule has 1 aliphatic rings. The fourth-order valence-electron chi connectivity index (χ4n) is 1.82. The normalized spacial score (nSPS) is 20.6. The minimum Gasteiger partial charge on any atom is -0.496 e. The Labute approximate surface area is 94.0 Å². The summed E-state index contributed by atoms with van der Waals surface area (Å²) >= 11 is 1.73. The van der Waals surface area contributed by atoms with Crippen LogP contribution in [0.4, 0.5) is 0 Å². The Morgan fingerprint density at radius 3 is 2.93 bits per heavy atom. The minimum absolute atomic E-state index is 0.186. The van der Waals surface area contributed by atoms with Crippen LogP contribution in [0.5, 0.6) is 5.75 Å². The Kier molecular flexibility index (Phi) is 3.31. The molecule has 0 aromatic heterocycles. The predicted molar refractivity (Wildman–Crippen MR) is 62.5 cm³/mol. The lowest BCUT2D eigenvalue weighted by molar-refractivity contribution is -0.119. The second kappa shape index (κ2) is 4.71. The van der Waals surface area contributed by atoms with Gasteiger partial charge in [0.15, 0.2) is 0 Å². The average molecular weight is 222 g/mol. The maximum absolute atomic E-state index is 11.5. The van der Waals surface area contributed by atoms with Crippen LogP contribution in [0.1, 0.15) is 5.56 Å². The van der Waals surface area contributed by atoms with Crippen LogP contribution in [0.3, 0.4) is 0 Å². The van der Waals surface area contributed by atoms with Crippen molar-refractivity contribution >= 4 is 17.5 Å². The summed E-state index contributed by atoms with van der Waals surface area (Å²) in [7, 11) is 1.67. The average Bonchev–Trinajstić information content (AvgIpc) is 2.65. The number of methoxy groups -OCH3 is 1. The second-order valence-corrected chi connectivity index (χ2v) is 4.72. The Balaban J connectivity index is 2.12. The zero-order chi connectivity index (χ0) is 10.7. The van der Waals surface area contributed by atoms with Gasteiger partial charge in [0, 0.05) is 11.7 Å². The fraction of sp³-hybridized carbons (Fsp3) is 0.417. The zero-order valence-electron chi connectivity index (χ0n) is 8.73. The summed E-state index contributed by atoms with van der Waals surface area (Å²) in [6.45, 7) is 0. The molecule has 1 aromatic carbocycles. The Morgan fingerprint density at radius 1 is 1.47 bits per heavy atom. The third-order valence-corrected chi connectivity index (χ3v) is 3.80. The van der Waals surface area contributed by atoms with Gasteiger partial charge in [0.05, 0.1) is 12.9 Å². The van der Waals surface area contributed by atoms with Crippen LogP contribution in [0.2, 0.25) is 0 Å². The van der Waals surface area contributed by atoms with E-state index >= 15 is 0 Å². The highest BCUT2D eigenvalue weighted by Gasteiger charge is 2.25. The number of benzene rings is 1. The first-order valence-corrected chi connectivity index (χ1v) is 6.19. The lowest BCUT2D eigenvalue weighted by Crippen LogP contribution is -2.14. The smallest absolute Gasteiger partial charge is 0.146 e. The van der Waals surface area contributed by atoms with Gasteiger partial charge in [-0.3, -0.25) is 4.79 Å². The molecule has 80 valence electrons. The maximum atomic E-state index is 11.5. The summed E-state index contributed by atoms with van der Waals surface area (Å²) in [5, 5.41) is 0. The minimum atomic E-state index is 0.186. The molecule has 0 bridgehead atoms. The highest BCUT2D eigenvalue weighted by Crippen LogP contribution is 2.27. The SMILES string of the molecule is COc1ccccc1CC1CSCC1=O. The van der Waals surface area contributed by atoms with E-state index in [-0.39, 0.29) is 5.92 Å². The Hall–Kier alpha value is -0.960. The van der Waals surface area contributed by atoms with Crippen LogP contribution >= 0.6 is 11.8 Å². The van der Waals surface area contributed by atoms with Gasteiger partial charge in [0.2, 0.25) is 0 Å². The van der Waals surface area contributed by atoms with Crippen LogP contribution < -0.4 is 4.74 Å². The highest BCUT2D eigenvalue weighted by atomic mass is 32.2. The summed E-state index contributed by atoms with van der Waals surface area (Å²) in [5.41, 5.74) is 1.14. The van der Waals surface area contributed by atoms with E-state index in [0.717, 1.165) is 23.5 Å². The van der Waals surface area contributed by atoms with Crippen LogP contribution in [-0.4, -0.2) is 24.4 Å². The van der Waals surface area contributed by atoms with E-state index in [1.54, 1.807) is 18.9 Å². The first-order chi connectivity index (χ1) is 7.31. The Morgan fingerprint density at radius 2 is 2.27 bits per heavy atom. The van der Waals surface area contributed by atoms with Crippen LogP contribution in [0.15, 0.2) is 24.3 Å². The van der Waals surface area contributed by atoms with E-state index in [9.17, 15) is 4.79 Å². The number of hydrogen-bond acceptors (Lipinski definition) is 3. The second-order valence-electron chi connectivity index (χ2n) is 3.69. The van der Waals surface area contributed by atoms with E-state index in [1.165, 1.54) is 0 Å². The largest absolute Gasteiger partial charge is 0.496 e. The molecular weight excluding hydrogens is 208 g/mol. The predicted octanol–water partition coefficient (Wildman–Crippen LogP) is 2.17. The quantitative estimate of drug-likeness (QED) is 0.784. The zero-order valence-corrected chi connectivity index (χ0v) is 9.55. The molecule has 1 unspecified atom stereocenters. The number of para-hydroxylation sites is 1. The molecule has 0 radical (unpaired) electrons. The lowest BCUT2D eigenvalue weighted by Gasteiger charge is -2.10. The maximum Gasteiger partial charge on any atom is 0.146 e. The van der Waals surface area contributed by atoms with E-state index in [2.05, 4.69) is 0 Å². The molecule has 3 heteroatoms. The number of Topliss-reactive ketones (excluding diaryl/α,β-unsaturated/α-hetero) is 1. The van der Waals surface area contributed by atoms with Gasteiger partial charge >= 0.3 is 0 Å². The highest BCUT2D eigenvalue weighted by molar-refractivity contribution is 8.00. The summed E-state index contributed by atoms with van der Waals surface area (Å²) in [6.07, 6.45) is 0.815. The van der Waals surface area contributed by atoms with E-state index in [0.29, 0.717) is 11.5 Å². The van der Waals surface area contributed by atoms with E-state index in [4.69, 9.17) is 4.74 Å². The fourth-order valence-corrected chi connectivity index (χ4v) is 2.97. The monoisotopic (exact) mass is 222 g/mol. The van der Waals surface area contributed by atoms with Crippen LogP contribution in [0, 0.1) is 5.92 Å². The van der Waals surface area contributed by atoms with Crippen molar-refractivity contribution in [2.45, 2.75) is 6.42 Å². The molecule has 1 saturated heterocycles. The number of thioether (sulfide) groups is 1. The molecular formula is C12H14O2S. The van der Waals surface area contributed by atoms with Crippen molar-refractivity contribution in [1.29, 1.82) is 0 Å². The van der Waals surface area contributed by atoms with Crippen molar-refractivity contribution in [2.24, 2.45) is 5.92 Å². The number of rotatable bonds is 3. The van der Waals surface area contributed by atoms with E-state index < -0.39 is 0 Å². The number of carbonyl (C=O) groups is 1. The summed E-state index contributed by atoms with van der Waals surface area (Å²) in [5.74, 6) is 3.09. The molecule has 2 rings (SSSR count). The standard InChI is InChI=1S/C12H14O2S/c1-14-12-5-3-2-4-9(12)6-10-7-15-8-11(10)13/h2-5,10H,6-8H2,1H3. The Bertz CT molecular complexity index is 362. The third kappa shape index (κ3) is 2.34. The van der Waals surface area contributed by atoms with Gasteiger partial charge in [-0.15, -0.1) is 0 Å². The van der Waals surface area contributed by atoms with Crippen molar-refractivity contribution in [2.75, 3.05) is 18.6 Å². The molecule has 0 aliphatic carbocycles. The molecule has 1 atom stereocenters. The van der Waals surface area contributed by atoms with Gasteiger partial charge in [-0.25, -0.2) is 0 Å². The molecule has 0 N–H and O–H groups in total. The summed E-state index contributed by atoms with van der Waals surface area (Å²) in [6, 6.07) is 7.93. The van der Waals surface area contributed by atoms with Gasteiger partial charge in [-0.2, -0.15) is 11.8 Å². The first-order valence-electron chi connectivity index (χ1n) is 5.03. The van der Waals surface area contributed by atoms with Crippen molar-refractivity contribution < 1.29 is 9.53 Å². The molecule has 0 spiro atoms. The molecule has 0 saturated carbocycles. The molecule has 1 fully saturated rings. The number of ether oxygens (including phenoxy) is 1. The van der Waals surface area contributed by atoms with Crippen molar-refractivity contribution in [3.63, 3.8) is 0 Å². The molecule has 0 amide bonds.